The lowest BCUT2D eigenvalue weighted by molar-refractivity contribution is -0.217. The van der Waals surface area contributed by atoms with E-state index < -0.39 is 5.97 Å². The van der Waals surface area contributed by atoms with E-state index in [0.717, 1.165) is 16.9 Å². The zero-order valence-corrected chi connectivity index (χ0v) is 16.8. The van der Waals surface area contributed by atoms with Crippen molar-refractivity contribution in [2.24, 2.45) is 0 Å². The van der Waals surface area contributed by atoms with Crippen LogP contribution in [-0.4, -0.2) is 20.2 Å². The number of ether oxygens (including phenoxy) is 3. The van der Waals surface area contributed by atoms with Gasteiger partial charge in [-0.25, -0.2) is 4.79 Å². The third-order valence-electron chi connectivity index (χ3n) is 4.30. The molecule has 30 heavy (non-hydrogen) atoms. The monoisotopic (exact) mass is 406 g/mol. The van der Waals surface area contributed by atoms with Crippen LogP contribution in [0.3, 0.4) is 0 Å². The van der Waals surface area contributed by atoms with Crippen molar-refractivity contribution in [2.45, 2.75) is 6.61 Å². The Hall–Kier alpha value is -3.77. The molecule has 0 saturated heterocycles. The van der Waals surface area contributed by atoms with E-state index in [1.54, 1.807) is 87.0 Å². The van der Waals surface area contributed by atoms with Crippen molar-refractivity contribution in [1.29, 1.82) is 0 Å². The van der Waals surface area contributed by atoms with Crippen LogP contribution in [-0.2, 0) is 11.5 Å². The second-order valence-corrected chi connectivity index (χ2v) is 6.20. The van der Waals surface area contributed by atoms with Gasteiger partial charge in [0.05, 0.1) is 19.8 Å². The van der Waals surface area contributed by atoms with Crippen LogP contribution in [0.1, 0.15) is 21.5 Å². The van der Waals surface area contributed by atoms with Crippen LogP contribution in [0, 0.1) is 0 Å². The number of carbonyl (C=O) groups excluding carboxylic acids is 1. The summed E-state index contributed by atoms with van der Waals surface area (Å²) < 4.78 is 15.6. The van der Waals surface area contributed by atoms with Crippen molar-refractivity contribution < 1.29 is 28.8 Å². The van der Waals surface area contributed by atoms with E-state index in [4.69, 9.17) is 24.0 Å². The minimum atomic E-state index is -0.467. The molecule has 0 unspecified atom stereocenters. The zero-order valence-electron chi connectivity index (χ0n) is 16.8. The van der Waals surface area contributed by atoms with Gasteiger partial charge in [-0.15, -0.1) is 0 Å². The normalized spacial score (nSPS) is 10.2. The molecule has 0 aliphatic heterocycles. The quantitative estimate of drug-likeness (QED) is 0.214. The summed E-state index contributed by atoms with van der Waals surface area (Å²) >= 11 is 0. The molecule has 6 nitrogen and oxygen atoms in total. The van der Waals surface area contributed by atoms with Gasteiger partial charge in [0.15, 0.2) is 5.75 Å². The molecule has 0 saturated carbocycles. The van der Waals surface area contributed by atoms with Crippen molar-refractivity contribution in [1.82, 2.24) is 0 Å². The Bertz CT molecular complexity index is 993. The predicted octanol–water partition coefficient (Wildman–Crippen LogP) is 5.08. The number of hydrogen-bond acceptors (Lipinski definition) is 6. The molecule has 3 aromatic carbocycles. The fourth-order valence-corrected chi connectivity index (χ4v) is 2.65. The highest BCUT2D eigenvalue weighted by molar-refractivity contribution is 5.92. The second kappa shape index (κ2) is 10.1. The summed E-state index contributed by atoms with van der Waals surface area (Å²) in [6.45, 7) is 3.99. The van der Waals surface area contributed by atoms with Gasteiger partial charge in [0, 0.05) is 0 Å². The summed E-state index contributed by atoms with van der Waals surface area (Å²) in [5.41, 5.74) is 1.97. The number of benzene rings is 3. The summed E-state index contributed by atoms with van der Waals surface area (Å²) in [7, 11) is 3.17. The molecule has 0 radical (unpaired) electrons. The molecule has 0 aliphatic rings. The SMILES string of the molecule is C=Cc1cc(C(=O)Oc2ccc(OC)cc2)ccc1COOc1ccc(OC)cc1. The fourth-order valence-electron chi connectivity index (χ4n) is 2.65. The molecule has 0 N–H and O–H groups in total. The van der Waals surface area contributed by atoms with Gasteiger partial charge in [0.25, 0.3) is 0 Å². The minimum absolute atomic E-state index is 0.182. The average Bonchev–Trinajstić information content (AvgIpc) is 2.80. The van der Waals surface area contributed by atoms with Gasteiger partial charge in [-0.3, -0.25) is 0 Å². The van der Waals surface area contributed by atoms with Crippen LogP contribution in [0.2, 0.25) is 0 Å². The molecule has 0 aromatic heterocycles. The highest BCUT2D eigenvalue weighted by Crippen LogP contribution is 2.21. The summed E-state index contributed by atoms with van der Waals surface area (Å²) in [6.07, 6.45) is 1.65. The van der Waals surface area contributed by atoms with E-state index in [1.165, 1.54) is 0 Å². The lowest BCUT2D eigenvalue weighted by atomic mass is 10.0. The van der Waals surface area contributed by atoms with Crippen LogP contribution in [0.4, 0.5) is 0 Å². The van der Waals surface area contributed by atoms with E-state index in [2.05, 4.69) is 6.58 Å². The van der Waals surface area contributed by atoms with Gasteiger partial charge in [-0.05, 0) is 71.8 Å². The topological polar surface area (TPSA) is 63.2 Å². The van der Waals surface area contributed by atoms with Crippen molar-refractivity contribution in [3.63, 3.8) is 0 Å². The lowest BCUT2D eigenvalue weighted by Crippen LogP contribution is -2.09. The highest BCUT2D eigenvalue weighted by Gasteiger charge is 2.12. The molecular formula is C24H22O6. The molecule has 0 atom stereocenters. The molecule has 0 bridgehead atoms. The second-order valence-electron chi connectivity index (χ2n) is 6.20. The number of hydrogen-bond donors (Lipinski definition) is 0. The number of carbonyl (C=O) groups is 1. The van der Waals surface area contributed by atoms with E-state index in [1.807, 2.05) is 0 Å². The summed E-state index contributed by atoms with van der Waals surface area (Å²) in [5.74, 6) is 1.93. The Morgan fingerprint density at radius 2 is 1.40 bits per heavy atom. The molecule has 0 amide bonds. The fraction of sp³-hybridized carbons (Fsp3) is 0.125. The molecule has 0 heterocycles. The molecule has 3 aromatic rings. The maximum Gasteiger partial charge on any atom is 0.343 e. The average molecular weight is 406 g/mol. The third kappa shape index (κ3) is 5.40. The maximum atomic E-state index is 12.4. The first-order valence-corrected chi connectivity index (χ1v) is 9.18. The molecule has 0 fully saturated rings. The molecule has 3 rings (SSSR count). The summed E-state index contributed by atoms with van der Waals surface area (Å²) in [4.78, 5) is 23.1. The Kier molecular flexibility index (Phi) is 7.08. The first-order chi connectivity index (χ1) is 14.6. The van der Waals surface area contributed by atoms with Gasteiger partial charge in [0.2, 0.25) is 0 Å². The van der Waals surface area contributed by atoms with E-state index in [-0.39, 0.29) is 6.61 Å². The van der Waals surface area contributed by atoms with Crippen LogP contribution < -0.4 is 19.1 Å². The summed E-state index contributed by atoms with van der Waals surface area (Å²) in [6, 6.07) is 19.0. The summed E-state index contributed by atoms with van der Waals surface area (Å²) in [5, 5.41) is 0. The van der Waals surface area contributed by atoms with Crippen molar-refractivity contribution in [3.05, 3.63) is 90.0 Å². The Morgan fingerprint density at radius 1 is 0.833 bits per heavy atom. The third-order valence-corrected chi connectivity index (χ3v) is 4.30. The van der Waals surface area contributed by atoms with Crippen molar-refractivity contribution in [3.8, 4) is 23.0 Å². The largest absolute Gasteiger partial charge is 0.497 e. The molecular weight excluding hydrogens is 384 g/mol. The lowest BCUT2D eigenvalue weighted by Gasteiger charge is -2.10. The standard InChI is InChI=1S/C24H22O6/c1-4-17-15-18(24(25)29-22-11-7-20(26-2)8-12-22)5-6-19(17)16-28-30-23-13-9-21(27-3)10-14-23/h4-15H,1,16H2,2-3H3. The van der Waals surface area contributed by atoms with Gasteiger partial charge >= 0.3 is 5.97 Å². The van der Waals surface area contributed by atoms with E-state index >= 15 is 0 Å². The van der Waals surface area contributed by atoms with Crippen LogP contribution in [0.5, 0.6) is 23.0 Å². The molecule has 0 spiro atoms. The smallest absolute Gasteiger partial charge is 0.343 e. The number of esters is 1. The Labute approximate surface area is 175 Å². The molecule has 154 valence electrons. The van der Waals surface area contributed by atoms with Crippen molar-refractivity contribution >= 4 is 12.0 Å². The number of methoxy groups -OCH3 is 2. The van der Waals surface area contributed by atoms with Crippen LogP contribution >= 0.6 is 0 Å². The van der Waals surface area contributed by atoms with Crippen molar-refractivity contribution in [2.75, 3.05) is 14.2 Å². The first-order valence-electron chi connectivity index (χ1n) is 9.18. The van der Waals surface area contributed by atoms with E-state index in [0.29, 0.717) is 22.8 Å². The maximum absolute atomic E-state index is 12.4. The van der Waals surface area contributed by atoms with Crippen LogP contribution in [0.25, 0.3) is 6.08 Å². The van der Waals surface area contributed by atoms with Gasteiger partial charge in [0.1, 0.15) is 23.9 Å². The minimum Gasteiger partial charge on any atom is -0.497 e. The first kappa shape index (κ1) is 21.0. The van der Waals surface area contributed by atoms with Gasteiger partial charge in [-0.2, -0.15) is 4.89 Å². The van der Waals surface area contributed by atoms with Gasteiger partial charge < -0.3 is 19.1 Å². The predicted molar refractivity (Wildman–Crippen MR) is 113 cm³/mol. The number of rotatable bonds is 9. The molecule has 6 heteroatoms. The van der Waals surface area contributed by atoms with E-state index in [9.17, 15) is 4.79 Å². The Balaban J connectivity index is 1.61. The zero-order chi connectivity index (χ0) is 21.3. The Morgan fingerprint density at radius 3 is 1.97 bits per heavy atom. The highest BCUT2D eigenvalue weighted by atomic mass is 17.2. The van der Waals surface area contributed by atoms with Crippen LogP contribution in [0.15, 0.2) is 73.3 Å². The van der Waals surface area contributed by atoms with Gasteiger partial charge in [-0.1, -0.05) is 18.7 Å². The molecule has 0 aliphatic carbocycles.